The summed E-state index contributed by atoms with van der Waals surface area (Å²) in [5.74, 6) is 0. The molecule has 0 saturated carbocycles. The molecule has 0 aromatic carbocycles. The molecule has 0 aromatic heterocycles. The monoisotopic (exact) mass is 312 g/mol. The molecule has 1 aliphatic rings. The highest BCUT2D eigenvalue weighted by atomic mass is 79.9. The van der Waals surface area contributed by atoms with Crippen LogP contribution in [0, 0.1) is 0 Å². The molecule has 1 fully saturated rings. The zero-order valence-electron chi connectivity index (χ0n) is 9.78. The summed E-state index contributed by atoms with van der Waals surface area (Å²) in [7, 11) is -3.24. The van der Waals surface area contributed by atoms with E-state index in [9.17, 15) is 8.42 Å². The van der Waals surface area contributed by atoms with E-state index in [1.54, 1.807) is 4.31 Å². The molecule has 1 aliphatic heterocycles. The fraction of sp³-hybridized carbons (Fsp3) is 1.00. The summed E-state index contributed by atoms with van der Waals surface area (Å²) >= 11 is 3.40. The maximum atomic E-state index is 11.9. The van der Waals surface area contributed by atoms with Crippen molar-refractivity contribution in [2.75, 3.05) is 19.6 Å². The molecule has 0 spiro atoms. The molecule has 96 valence electrons. The van der Waals surface area contributed by atoms with E-state index in [4.69, 9.17) is 0 Å². The molecule has 1 heterocycles. The van der Waals surface area contributed by atoms with E-state index >= 15 is 0 Å². The first-order valence-corrected chi connectivity index (χ1v) is 8.27. The van der Waals surface area contributed by atoms with Crippen LogP contribution in [0.3, 0.4) is 0 Å². The van der Waals surface area contributed by atoms with Crippen molar-refractivity contribution in [3.05, 3.63) is 0 Å². The van der Waals surface area contributed by atoms with E-state index in [0.29, 0.717) is 24.5 Å². The molecule has 4 nitrogen and oxygen atoms in total. The highest BCUT2D eigenvalue weighted by Crippen LogP contribution is 2.12. The lowest BCUT2D eigenvalue weighted by atomic mass is 10.2. The molecule has 1 atom stereocenters. The van der Waals surface area contributed by atoms with Crippen LogP contribution in [-0.4, -0.2) is 37.2 Å². The van der Waals surface area contributed by atoms with Gasteiger partial charge >= 0.3 is 0 Å². The predicted octanol–water partition coefficient (Wildman–Crippen LogP) is 1.87. The van der Waals surface area contributed by atoms with Gasteiger partial charge in [-0.15, -0.1) is 0 Å². The van der Waals surface area contributed by atoms with Crippen molar-refractivity contribution in [3.63, 3.8) is 0 Å². The minimum absolute atomic E-state index is 0.347. The van der Waals surface area contributed by atoms with E-state index in [1.807, 2.05) is 6.92 Å². The average molecular weight is 313 g/mol. The minimum Gasteiger partial charge on any atom is -0.202 e. The number of alkyl halides is 1. The van der Waals surface area contributed by atoms with Gasteiger partial charge in [0.15, 0.2) is 0 Å². The van der Waals surface area contributed by atoms with Gasteiger partial charge in [-0.2, -0.15) is 12.7 Å². The van der Waals surface area contributed by atoms with Crippen LogP contribution < -0.4 is 4.72 Å². The van der Waals surface area contributed by atoms with Crippen LogP contribution in [0.4, 0.5) is 0 Å². The number of nitrogens with one attached hydrogen (secondary N) is 1. The fourth-order valence-corrected chi connectivity index (χ4v) is 3.29. The normalized spacial score (nSPS) is 21.6. The van der Waals surface area contributed by atoms with Crippen LogP contribution in [0.5, 0.6) is 0 Å². The SMILES string of the molecule is CC(Br)CCNS(=O)(=O)N1CCCCCC1. The molecule has 1 unspecified atom stereocenters. The lowest BCUT2D eigenvalue weighted by Crippen LogP contribution is -2.41. The number of halogens is 1. The lowest BCUT2D eigenvalue weighted by molar-refractivity contribution is 0.414. The second kappa shape index (κ2) is 6.93. The van der Waals surface area contributed by atoms with E-state index < -0.39 is 10.2 Å². The second-order valence-electron chi connectivity index (χ2n) is 4.28. The molecule has 0 bridgehead atoms. The molecule has 16 heavy (non-hydrogen) atoms. The van der Waals surface area contributed by atoms with Gasteiger partial charge in [-0.25, -0.2) is 4.72 Å². The summed E-state index contributed by atoms with van der Waals surface area (Å²) in [5.41, 5.74) is 0. The quantitative estimate of drug-likeness (QED) is 0.788. The molecule has 0 radical (unpaired) electrons. The molecular weight excluding hydrogens is 292 g/mol. The second-order valence-corrected chi connectivity index (χ2v) is 7.60. The summed E-state index contributed by atoms with van der Waals surface area (Å²) in [6, 6.07) is 0. The Kier molecular flexibility index (Phi) is 6.25. The first-order chi connectivity index (χ1) is 7.52. The minimum atomic E-state index is -3.24. The van der Waals surface area contributed by atoms with Gasteiger partial charge in [0.05, 0.1) is 0 Å². The third-order valence-corrected chi connectivity index (χ3v) is 4.80. The topological polar surface area (TPSA) is 49.4 Å². The summed E-state index contributed by atoms with van der Waals surface area (Å²) in [6.07, 6.45) is 5.06. The Labute approximate surface area is 107 Å². The van der Waals surface area contributed by atoms with Crippen molar-refractivity contribution >= 4 is 26.1 Å². The van der Waals surface area contributed by atoms with Gasteiger partial charge in [0.2, 0.25) is 0 Å². The van der Waals surface area contributed by atoms with Crippen molar-refractivity contribution in [1.82, 2.24) is 9.03 Å². The molecule has 0 aliphatic carbocycles. The summed E-state index contributed by atoms with van der Waals surface area (Å²) in [6.45, 7) is 3.85. The van der Waals surface area contributed by atoms with Crippen LogP contribution in [0.2, 0.25) is 0 Å². The Balaban J connectivity index is 2.42. The van der Waals surface area contributed by atoms with Gasteiger partial charge < -0.3 is 0 Å². The maximum Gasteiger partial charge on any atom is 0.279 e. The van der Waals surface area contributed by atoms with E-state index in [1.165, 1.54) is 0 Å². The van der Waals surface area contributed by atoms with Crippen LogP contribution in [-0.2, 0) is 10.2 Å². The molecule has 0 aromatic rings. The fourth-order valence-electron chi connectivity index (χ4n) is 1.76. The number of rotatable bonds is 5. The van der Waals surface area contributed by atoms with Gasteiger partial charge in [0.25, 0.3) is 10.2 Å². The van der Waals surface area contributed by atoms with Crippen molar-refractivity contribution in [2.24, 2.45) is 0 Å². The number of hydrogen-bond donors (Lipinski definition) is 1. The summed E-state index contributed by atoms with van der Waals surface area (Å²) in [5, 5.41) is 0. The van der Waals surface area contributed by atoms with Crippen LogP contribution in [0.15, 0.2) is 0 Å². The zero-order valence-corrected chi connectivity index (χ0v) is 12.2. The lowest BCUT2D eigenvalue weighted by Gasteiger charge is -2.20. The van der Waals surface area contributed by atoms with Gasteiger partial charge in [-0.05, 0) is 19.3 Å². The third kappa shape index (κ3) is 5.12. The van der Waals surface area contributed by atoms with Crippen molar-refractivity contribution < 1.29 is 8.42 Å². The van der Waals surface area contributed by atoms with E-state index in [-0.39, 0.29) is 0 Å². The third-order valence-electron chi connectivity index (χ3n) is 2.73. The van der Waals surface area contributed by atoms with Gasteiger partial charge in [-0.1, -0.05) is 35.7 Å². The number of hydrogen-bond acceptors (Lipinski definition) is 2. The van der Waals surface area contributed by atoms with Crippen molar-refractivity contribution in [2.45, 2.75) is 43.9 Å². The molecule has 6 heteroatoms. The first-order valence-electron chi connectivity index (χ1n) is 5.91. The van der Waals surface area contributed by atoms with Crippen molar-refractivity contribution in [1.29, 1.82) is 0 Å². The predicted molar refractivity (Wildman–Crippen MR) is 70.0 cm³/mol. The Morgan fingerprint density at radius 2 is 1.81 bits per heavy atom. The number of nitrogens with zero attached hydrogens (tertiary/aromatic N) is 1. The highest BCUT2D eigenvalue weighted by molar-refractivity contribution is 9.09. The zero-order chi connectivity index (χ0) is 12.0. The van der Waals surface area contributed by atoms with Crippen LogP contribution >= 0.6 is 15.9 Å². The van der Waals surface area contributed by atoms with Crippen molar-refractivity contribution in [3.8, 4) is 0 Å². The largest absolute Gasteiger partial charge is 0.279 e. The van der Waals surface area contributed by atoms with Crippen LogP contribution in [0.25, 0.3) is 0 Å². The van der Waals surface area contributed by atoms with Gasteiger partial charge in [0, 0.05) is 24.5 Å². The maximum absolute atomic E-state index is 11.9. The Morgan fingerprint density at radius 1 is 1.25 bits per heavy atom. The smallest absolute Gasteiger partial charge is 0.202 e. The summed E-state index contributed by atoms with van der Waals surface area (Å²) in [4.78, 5) is 0.347. The summed E-state index contributed by atoms with van der Waals surface area (Å²) < 4.78 is 28.1. The standard InChI is InChI=1S/C10H21BrN2O2S/c1-10(11)6-7-12-16(14,15)13-8-4-2-3-5-9-13/h10,12H,2-9H2,1H3. The Morgan fingerprint density at radius 3 is 2.31 bits per heavy atom. The molecular formula is C10H21BrN2O2S. The van der Waals surface area contributed by atoms with Gasteiger partial charge in [-0.3, -0.25) is 0 Å². The van der Waals surface area contributed by atoms with E-state index in [2.05, 4.69) is 20.7 Å². The van der Waals surface area contributed by atoms with Gasteiger partial charge in [0.1, 0.15) is 0 Å². The molecule has 1 saturated heterocycles. The first kappa shape index (κ1) is 14.4. The van der Waals surface area contributed by atoms with Crippen LogP contribution in [0.1, 0.15) is 39.0 Å². The van der Waals surface area contributed by atoms with E-state index in [0.717, 1.165) is 32.1 Å². The Hall–Kier alpha value is 0.350. The molecule has 1 rings (SSSR count). The highest BCUT2D eigenvalue weighted by Gasteiger charge is 2.22. The molecule has 1 N–H and O–H groups in total. The average Bonchev–Trinajstić information content (AvgIpc) is 2.44. The molecule has 0 amide bonds. The Bertz CT molecular complexity index is 285.